The Morgan fingerprint density at radius 2 is 2.00 bits per heavy atom. The minimum absolute atomic E-state index is 0.103. The van der Waals surface area contributed by atoms with Gasteiger partial charge in [-0.05, 0) is 61.3 Å². The molecule has 1 aromatic heterocycles. The summed E-state index contributed by atoms with van der Waals surface area (Å²) in [7, 11) is 0. The molecule has 0 spiro atoms. The van der Waals surface area contributed by atoms with Crippen molar-refractivity contribution >= 4 is 27.5 Å². The molecule has 3 saturated heterocycles. The van der Waals surface area contributed by atoms with E-state index in [0.29, 0.717) is 11.7 Å². The van der Waals surface area contributed by atoms with Gasteiger partial charge in [-0.15, -0.1) is 0 Å². The van der Waals surface area contributed by atoms with E-state index in [-0.39, 0.29) is 5.91 Å². The summed E-state index contributed by atoms with van der Waals surface area (Å²) in [4.78, 5) is 17.7. The number of piperidine rings is 1. The first kappa shape index (κ1) is 15.6. The zero-order chi connectivity index (χ0) is 16.8. The van der Waals surface area contributed by atoms with Crippen LogP contribution in [0.25, 0.3) is 10.1 Å². The molecule has 0 atom stereocenters. The van der Waals surface area contributed by atoms with Crippen molar-refractivity contribution in [3.63, 3.8) is 0 Å². The predicted molar refractivity (Wildman–Crippen MR) is 98.3 cm³/mol. The van der Waals surface area contributed by atoms with Crippen LogP contribution in [0.1, 0.15) is 36.2 Å². The zero-order valence-electron chi connectivity index (χ0n) is 14.3. The first-order valence-corrected chi connectivity index (χ1v) is 10.1. The van der Waals surface area contributed by atoms with Gasteiger partial charge in [-0.1, -0.05) is 0 Å². The van der Waals surface area contributed by atoms with Crippen molar-refractivity contribution in [1.82, 2.24) is 14.2 Å². The summed E-state index contributed by atoms with van der Waals surface area (Å²) in [6.45, 7) is 4.86. The lowest BCUT2D eigenvalue weighted by molar-refractivity contribution is 0.0682. The molecule has 0 radical (unpaired) electrons. The highest BCUT2D eigenvalue weighted by Gasteiger charge is 2.33. The second kappa shape index (κ2) is 6.25. The van der Waals surface area contributed by atoms with Crippen molar-refractivity contribution < 1.29 is 9.53 Å². The number of aromatic nitrogens is 1. The van der Waals surface area contributed by atoms with Gasteiger partial charge in [0, 0.05) is 37.6 Å². The maximum Gasteiger partial charge on any atom is 0.274 e. The molecule has 0 unspecified atom stereocenters. The highest BCUT2D eigenvalue weighted by Crippen LogP contribution is 2.32. The molecule has 2 bridgehead atoms. The fourth-order valence-electron chi connectivity index (χ4n) is 3.95. The summed E-state index contributed by atoms with van der Waals surface area (Å²) < 4.78 is 11.4. The Hall–Kier alpha value is -1.66. The maximum atomic E-state index is 13.1. The van der Waals surface area contributed by atoms with Crippen molar-refractivity contribution in [3.8, 4) is 5.75 Å². The highest BCUT2D eigenvalue weighted by atomic mass is 32.1. The van der Waals surface area contributed by atoms with E-state index < -0.39 is 0 Å². The van der Waals surface area contributed by atoms with E-state index in [1.807, 2.05) is 18.2 Å². The molecule has 3 aliphatic heterocycles. The van der Waals surface area contributed by atoms with Gasteiger partial charge in [0.1, 0.15) is 11.4 Å². The van der Waals surface area contributed by atoms with E-state index >= 15 is 0 Å². The first-order valence-electron chi connectivity index (χ1n) is 9.33. The van der Waals surface area contributed by atoms with Gasteiger partial charge in [0.25, 0.3) is 5.91 Å². The Labute approximate surface area is 151 Å². The van der Waals surface area contributed by atoms with Crippen molar-refractivity contribution in [3.05, 3.63) is 23.9 Å². The minimum Gasteiger partial charge on any atom is -0.493 e. The van der Waals surface area contributed by atoms with Crippen molar-refractivity contribution in [2.45, 2.75) is 31.7 Å². The Kier molecular flexibility index (Phi) is 3.90. The predicted octanol–water partition coefficient (Wildman–Crippen LogP) is 3.01. The summed E-state index contributed by atoms with van der Waals surface area (Å²) in [6.07, 6.45) is 4.76. The lowest BCUT2D eigenvalue weighted by Gasteiger charge is -2.31. The summed E-state index contributed by atoms with van der Waals surface area (Å²) in [6, 6.07) is 6.40. The van der Waals surface area contributed by atoms with Crippen LogP contribution >= 0.6 is 11.5 Å². The SMILES string of the molecule is O=C(c1nsc2cc(OCC3CC3)ccc12)N1CCN2CCC1CC2. The average Bonchev–Trinajstić information content (AvgIpc) is 3.44. The lowest BCUT2D eigenvalue weighted by atomic mass is 10.0. The Morgan fingerprint density at radius 3 is 2.80 bits per heavy atom. The number of carbonyl (C=O) groups excluding carboxylic acids is 1. The van der Waals surface area contributed by atoms with Gasteiger partial charge in [-0.2, -0.15) is 4.37 Å². The number of benzene rings is 1. The zero-order valence-corrected chi connectivity index (χ0v) is 15.1. The van der Waals surface area contributed by atoms with Crippen molar-refractivity contribution in [2.75, 3.05) is 32.8 Å². The van der Waals surface area contributed by atoms with Crippen molar-refractivity contribution in [1.29, 1.82) is 0 Å². The first-order chi connectivity index (χ1) is 12.3. The van der Waals surface area contributed by atoms with Gasteiger partial charge in [0.2, 0.25) is 0 Å². The molecule has 1 saturated carbocycles. The monoisotopic (exact) mass is 357 g/mol. The van der Waals surface area contributed by atoms with Crippen LogP contribution in [0.2, 0.25) is 0 Å². The van der Waals surface area contributed by atoms with E-state index in [1.165, 1.54) is 24.4 Å². The molecule has 4 fully saturated rings. The van der Waals surface area contributed by atoms with E-state index in [4.69, 9.17) is 4.74 Å². The number of ether oxygens (including phenoxy) is 1. The Bertz CT molecular complexity index is 793. The highest BCUT2D eigenvalue weighted by molar-refractivity contribution is 7.13. The molecule has 4 heterocycles. The molecule has 1 aliphatic carbocycles. The van der Waals surface area contributed by atoms with Crippen LogP contribution in [0.3, 0.4) is 0 Å². The molecule has 1 amide bonds. The smallest absolute Gasteiger partial charge is 0.274 e. The van der Waals surface area contributed by atoms with Crippen LogP contribution in [0.15, 0.2) is 18.2 Å². The van der Waals surface area contributed by atoms with Crippen LogP contribution in [0.5, 0.6) is 5.75 Å². The van der Waals surface area contributed by atoms with Crippen LogP contribution in [-0.2, 0) is 0 Å². The summed E-state index contributed by atoms with van der Waals surface area (Å²) in [5.74, 6) is 1.73. The lowest BCUT2D eigenvalue weighted by Crippen LogP contribution is -2.41. The topological polar surface area (TPSA) is 45.7 Å². The van der Waals surface area contributed by atoms with Gasteiger partial charge < -0.3 is 14.5 Å². The van der Waals surface area contributed by atoms with Crippen molar-refractivity contribution in [2.24, 2.45) is 5.92 Å². The molecule has 6 rings (SSSR count). The number of fused-ring (bicyclic) bond motifs is 5. The van der Waals surface area contributed by atoms with E-state index in [0.717, 1.165) is 67.4 Å². The second-order valence-electron chi connectivity index (χ2n) is 7.51. The fourth-order valence-corrected chi connectivity index (χ4v) is 4.75. The third kappa shape index (κ3) is 3.02. The molecule has 1 aromatic carbocycles. The molecule has 0 N–H and O–H groups in total. The number of rotatable bonds is 4. The van der Waals surface area contributed by atoms with Crippen LogP contribution in [-0.4, -0.2) is 58.9 Å². The quantitative estimate of drug-likeness (QED) is 0.844. The normalized spacial score (nSPS) is 26.0. The second-order valence-corrected chi connectivity index (χ2v) is 8.32. The standard InChI is InChI=1S/C19H23N3O2S/c23-19(22-10-9-21-7-5-14(22)6-8-21)18-16-4-3-15(11-17(16)25-20-18)24-12-13-1-2-13/h3-4,11,13-14H,1-2,5-10,12H2. The number of amides is 1. The third-order valence-electron chi connectivity index (χ3n) is 5.74. The van der Waals surface area contributed by atoms with Gasteiger partial charge >= 0.3 is 0 Å². The van der Waals surface area contributed by atoms with E-state index in [1.54, 1.807) is 0 Å². The number of hydrogen-bond acceptors (Lipinski definition) is 5. The van der Waals surface area contributed by atoms with Crippen LogP contribution in [0, 0.1) is 5.92 Å². The minimum atomic E-state index is 0.103. The van der Waals surface area contributed by atoms with Crippen LogP contribution < -0.4 is 4.74 Å². The fraction of sp³-hybridized carbons (Fsp3) is 0.579. The van der Waals surface area contributed by atoms with E-state index in [2.05, 4.69) is 14.2 Å². The Balaban J connectivity index is 1.39. The maximum absolute atomic E-state index is 13.1. The Morgan fingerprint density at radius 1 is 1.16 bits per heavy atom. The summed E-state index contributed by atoms with van der Waals surface area (Å²) >= 11 is 1.41. The average molecular weight is 357 g/mol. The molecule has 2 aromatic rings. The molecular formula is C19H23N3O2S. The largest absolute Gasteiger partial charge is 0.493 e. The molecule has 132 valence electrons. The molecule has 4 aliphatic rings. The molecular weight excluding hydrogens is 334 g/mol. The van der Waals surface area contributed by atoms with E-state index in [9.17, 15) is 4.79 Å². The third-order valence-corrected chi connectivity index (χ3v) is 6.55. The molecule has 6 heteroatoms. The number of hydrogen-bond donors (Lipinski definition) is 0. The van der Waals surface area contributed by atoms with Gasteiger partial charge in [-0.3, -0.25) is 4.79 Å². The summed E-state index contributed by atoms with van der Waals surface area (Å²) in [5, 5.41) is 0.966. The van der Waals surface area contributed by atoms with Gasteiger partial charge in [-0.25, -0.2) is 0 Å². The summed E-state index contributed by atoms with van der Waals surface area (Å²) in [5.41, 5.74) is 0.620. The van der Waals surface area contributed by atoms with Gasteiger partial charge in [0.15, 0.2) is 0 Å². The number of nitrogens with zero attached hydrogens (tertiary/aromatic N) is 3. The van der Waals surface area contributed by atoms with Crippen LogP contribution in [0.4, 0.5) is 0 Å². The molecule has 25 heavy (non-hydrogen) atoms. The van der Waals surface area contributed by atoms with Gasteiger partial charge in [0.05, 0.1) is 11.3 Å². The number of carbonyl (C=O) groups is 1. The molecule has 5 nitrogen and oxygen atoms in total.